The minimum Gasteiger partial charge on any atom is -0.508 e. The van der Waals surface area contributed by atoms with Gasteiger partial charge in [0.1, 0.15) is 5.75 Å². The lowest BCUT2D eigenvalue weighted by Crippen LogP contribution is -2.31. The van der Waals surface area contributed by atoms with Gasteiger partial charge >= 0.3 is 0 Å². The Labute approximate surface area is 125 Å². The fourth-order valence-electron chi connectivity index (χ4n) is 2.41. The summed E-state index contributed by atoms with van der Waals surface area (Å²) in [5.74, 6) is 1.11. The summed E-state index contributed by atoms with van der Waals surface area (Å²) in [7, 11) is 0. The van der Waals surface area contributed by atoms with E-state index in [4.69, 9.17) is 0 Å². The lowest BCUT2D eigenvalue weighted by Gasteiger charge is -2.25. The molecular weight excluding hydrogens is 302 g/mol. The first-order valence-corrected chi connectivity index (χ1v) is 8.01. The molecule has 0 amide bonds. The topological polar surface area (TPSA) is 32.3 Å². The van der Waals surface area contributed by atoms with Gasteiger partial charge in [-0.15, -0.1) is 0 Å². The molecule has 0 aliphatic carbocycles. The molecule has 0 fully saturated rings. The highest BCUT2D eigenvalue weighted by Crippen LogP contribution is 2.30. The van der Waals surface area contributed by atoms with Gasteiger partial charge in [0, 0.05) is 22.1 Å². The largest absolute Gasteiger partial charge is 0.508 e. The van der Waals surface area contributed by atoms with E-state index in [2.05, 4.69) is 48.9 Å². The first-order chi connectivity index (χ1) is 8.97. The van der Waals surface area contributed by atoms with E-state index in [1.165, 1.54) is 12.8 Å². The van der Waals surface area contributed by atoms with Crippen LogP contribution >= 0.6 is 15.9 Å². The fraction of sp³-hybridized carbons (Fsp3) is 0.625. The minimum absolute atomic E-state index is 0.205. The summed E-state index contributed by atoms with van der Waals surface area (Å²) in [4.78, 5) is 0. The zero-order valence-corrected chi connectivity index (χ0v) is 14.0. The number of aromatic hydroxyl groups is 1. The van der Waals surface area contributed by atoms with Gasteiger partial charge in [-0.05, 0) is 43.9 Å². The van der Waals surface area contributed by atoms with Crippen LogP contribution in [0, 0.1) is 5.92 Å². The number of benzene rings is 1. The van der Waals surface area contributed by atoms with Gasteiger partial charge in [-0.2, -0.15) is 0 Å². The second-order valence-electron chi connectivity index (χ2n) is 5.48. The standard InChI is InChI=1S/C16H26BrNO/c1-5-11(3)9-12(4)18-15(6-2)14-10-13(17)7-8-16(14)19/h7-8,10-12,15,18-19H,5-6,9H2,1-4H3. The third kappa shape index (κ3) is 5.15. The van der Waals surface area contributed by atoms with Gasteiger partial charge in [0.2, 0.25) is 0 Å². The molecule has 0 bridgehead atoms. The van der Waals surface area contributed by atoms with Gasteiger partial charge in [0.15, 0.2) is 0 Å². The third-order valence-corrected chi connectivity index (χ3v) is 4.21. The maximum atomic E-state index is 10.0. The van der Waals surface area contributed by atoms with Crippen LogP contribution in [0.1, 0.15) is 58.6 Å². The van der Waals surface area contributed by atoms with Crippen LogP contribution in [0.25, 0.3) is 0 Å². The van der Waals surface area contributed by atoms with Crippen LogP contribution in [0.4, 0.5) is 0 Å². The molecule has 0 aromatic heterocycles. The fourth-order valence-corrected chi connectivity index (χ4v) is 2.79. The van der Waals surface area contributed by atoms with E-state index in [0.29, 0.717) is 11.8 Å². The highest BCUT2D eigenvalue weighted by Gasteiger charge is 2.17. The Kier molecular flexibility index (Phi) is 6.87. The number of phenols is 1. The van der Waals surface area contributed by atoms with Crippen molar-refractivity contribution in [3.05, 3.63) is 28.2 Å². The molecule has 3 unspecified atom stereocenters. The normalized spacial score (nSPS) is 16.1. The summed E-state index contributed by atoms with van der Waals surface area (Å²) in [6.45, 7) is 8.89. The number of nitrogens with one attached hydrogen (secondary N) is 1. The van der Waals surface area contributed by atoms with Crippen LogP contribution in [0.15, 0.2) is 22.7 Å². The van der Waals surface area contributed by atoms with E-state index in [0.717, 1.165) is 22.4 Å². The summed E-state index contributed by atoms with van der Waals surface area (Å²) in [6, 6.07) is 6.29. The Hall–Kier alpha value is -0.540. The summed E-state index contributed by atoms with van der Waals surface area (Å²) in [5.41, 5.74) is 0.980. The zero-order chi connectivity index (χ0) is 14.4. The number of hydrogen-bond acceptors (Lipinski definition) is 2. The highest BCUT2D eigenvalue weighted by molar-refractivity contribution is 9.10. The Balaban J connectivity index is 2.75. The molecule has 0 aliphatic heterocycles. The van der Waals surface area contributed by atoms with Crippen molar-refractivity contribution < 1.29 is 5.11 Å². The first-order valence-electron chi connectivity index (χ1n) is 7.22. The Morgan fingerprint density at radius 2 is 1.89 bits per heavy atom. The second-order valence-corrected chi connectivity index (χ2v) is 6.40. The summed E-state index contributed by atoms with van der Waals surface area (Å²) in [5, 5.41) is 13.7. The van der Waals surface area contributed by atoms with Crippen molar-refractivity contribution in [1.82, 2.24) is 5.32 Å². The van der Waals surface area contributed by atoms with Crippen molar-refractivity contribution in [3.8, 4) is 5.75 Å². The van der Waals surface area contributed by atoms with Crippen molar-refractivity contribution in [3.63, 3.8) is 0 Å². The maximum Gasteiger partial charge on any atom is 0.120 e. The quantitative estimate of drug-likeness (QED) is 0.736. The molecule has 1 rings (SSSR count). The van der Waals surface area contributed by atoms with Crippen molar-refractivity contribution in [2.45, 2.75) is 59.0 Å². The molecule has 108 valence electrons. The molecule has 1 aromatic rings. The van der Waals surface area contributed by atoms with Gasteiger partial charge in [-0.3, -0.25) is 0 Å². The molecule has 19 heavy (non-hydrogen) atoms. The Bertz CT molecular complexity index is 394. The van der Waals surface area contributed by atoms with Crippen molar-refractivity contribution in [2.24, 2.45) is 5.92 Å². The van der Waals surface area contributed by atoms with Gasteiger partial charge in [0.25, 0.3) is 0 Å². The molecule has 0 radical (unpaired) electrons. The van der Waals surface area contributed by atoms with Gasteiger partial charge < -0.3 is 10.4 Å². The Morgan fingerprint density at radius 3 is 2.47 bits per heavy atom. The van der Waals surface area contributed by atoms with E-state index in [1.54, 1.807) is 6.07 Å². The maximum absolute atomic E-state index is 10.0. The predicted octanol–water partition coefficient (Wildman–Crippen LogP) is 5.02. The minimum atomic E-state index is 0.205. The summed E-state index contributed by atoms with van der Waals surface area (Å²) >= 11 is 3.47. The van der Waals surface area contributed by atoms with Crippen LogP contribution < -0.4 is 5.32 Å². The zero-order valence-electron chi connectivity index (χ0n) is 12.4. The molecule has 2 nitrogen and oxygen atoms in total. The van der Waals surface area contributed by atoms with Gasteiger partial charge in [-0.25, -0.2) is 0 Å². The molecule has 3 atom stereocenters. The number of phenolic OH excluding ortho intramolecular Hbond substituents is 1. The summed E-state index contributed by atoms with van der Waals surface area (Å²) < 4.78 is 1.01. The van der Waals surface area contributed by atoms with Crippen LogP contribution in [-0.4, -0.2) is 11.1 Å². The van der Waals surface area contributed by atoms with Crippen LogP contribution in [0.5, 0.6) is 5.75 Å². The van der Waals surface area contributed by atoms with Crippen molar-refractivity contribution >= 4 is 15.9 Å². The lowest BCUT2D eigenvalue weighted by molar-refractivity contribution is 0.363. The SMILES string of the molecule is CCC(C)CC(C)NC(CC)c1cc(Br)ccc1O. The smallest absolute Gasteiger partial charge is 0.120 e. The molecule has 0 spiro atoms. The molecule has 0 aliphatic rings. The van der Waals surface area contributed by atoms with Crippen LogP contribution in [0.2, 0.25) is 0 Å². The first kappa shape index (κ1) is 16.5. The Morgan fingerprint density at radius 1 is 1.21 bits per heavy atom. The molecular formula is C16H26BrNO. The molecule has 2 N–H and O–H groups in total. The van der Waals surface area contributed by atoms with E-state index >= 15 is 0 Å². The molecule has 0 heterocycles. The van der Waals surface area contributed by atoms with Gasteiger partial charge in [-0.1, -0.05) is 43.1 Å². The number of hydrogen-bond donors (Lipinski definition) is 2. The van der Waals surface area contributed by atoms with Crippen molar-refractivity contribution in [2.75, 3.05) is 0 Å². The van der Waals surface area contributed by atoms with E-state index in [9.17, 15) is 5.11 Å². The third-order valence-electron chi connectivity index (χ3n) is 3.71. The lowest BCUT2D eigenvalue weighted by atomic mass is 9.97. The predicted molar refractivity (Wildman–Crippen MR) is 85.5 cm³/mol. The van der Waals surface area contributed by atoms with E-state index in [-0.39, 0.29) is 6.04 Å². The molecule has 0 saturated heterocycles. The monoisotopic (exact) mass is 327 g/mol. The molecule has 3 heteroatoms. The van der Waals surface area contributed by atoms with E-state index < -0.39 is 0 Å². The molecule has 1 aromatic carbocycles. The molecule has 0 saturated carbocycles. The second kappa shape index (κ2) is 7.91. The van der Waals surface area contributed by atoms with Crippen molar-refractivity contribution in [1.29, 1.82) is 0 Å². The van der Waals surface area contributed by atoms with Crippen LogP contribution in [-0.2, 0) is 0 Å². The number of rotatable bonds is 7. The van der Waals surface area contributed by atoms with E-state index in [1.807, 2.05) is 12.1 Å². The average molecular weight is 328 g/mol. The van der Waals surface area contributed by atoms with Gasteiger partial charge in [0.05, 0.1) is 0 Å². The number of halogens is 1. The average Bonchev–Trinajstić information content (AvgIpc) is 2.38. The van der Waals surface area contributed by atoms with Crippen LogP contribution in [0.3, 0.4) is 0 Å². The highest BCUT2D eigenvalue weighted by atomic mass is 79.9. The summed E-state index contributed by atoms with van der Waals surface area (Å²) in [6.07, 6.45) is 3.35.